The minimum Gasteiger partial charge on any atom is -0.318 e. The van der Waals surface area contributed by atoms with E-state index in [-0.39, 0.29) is 0 Å². The van der Waals surface area contributed by atoms with Crippen molar-refractivity contribution in [2.45, 2.75) is 12.5 Å². The van der Waals surface area contributed by atoms with Gasteiger partial charge in [-0.1, -0.05) is 51.8 Å². The summed E-state index contributed by atoms with van der Waals surface area (Å²) in [4.78, 5) is 4.39. The maximum atomic E-state index is 6.65. The predicted molar refractivity (Wildman–Crippen MR) is 91.5 cm³/mol. The number of hydrogen-bond acceptors (Lipinski definition) is 2. The third-order valence-corrected chi connectivity index (χ3v) is 4.50. The molecule has 0 bridgehead atoms. The molecule has 0 aliphatic rings. The standard InChI is InChI=1S/C17H14BrClN2/c1-17(20,14-8-7-11(18)10-15(14)19)13-5-2-6-16-12(13)4-3-9-21-16/h2-10H,20H2,1H3. The fraction of sp³-hybridized carbons (Fsp3) is 0.118. The summed E-state index contributed by atoms with van der Waals surface area (Å²) in [6, 6.07) is 15.7. The molecule has 2 nitrogen and oxygen atoms in total. The van der Waals surface area contributed by atoms with Gasteiger partial charge in [0.15, 0.2) is 0 Å². The molecule has 1 atom stereocenters. The first-order chi connectivity index (χ1) is 10.00. The van der Waals surface area contributed by atoms with Crippen molar-refractivity contribution < 1.29 is 0 Å². The molecule has 0 spiro atoms. The van der Waals surface area contributed by atoms with E-state index >= 15 is 0 Å². The van der Waals surface area contributed by atoms with E-state index in [2.05, 4.69) is 20.9 Å². The summed E-state index contributed by atoms with van der Waals surface area (Å²) in [6.07, 6.45) is 1.78. The zero-order chi connectivity index (χ0) is 15.0. The van der Waals surface area contributed by atoms with Crippen LogP contribution >= 0.6 is 27.5 Å². The molecule has 21 heavy (non-hydrogen) atoms. The second-order valence-electron chi connectivity index (χ2n) is 5.20. The van der Waals surface area contributed by atoms with Gasteiger partial charge in [-0.3, -0.25) is 4.98 Å². The van der Waals surface area contributed by atoms with Gasteiger partial charge in [0.25, 0.3) is 0 Å². The molecular weight excluding hydrogens is 348 g/mol. The number of pyridine rings is 1. The number of fused-ring (bicyclic) bond motifs is 1. The predicted octanol–water partition coefficient (Wildman–Crippen LogP) is 4.87. The molecule has 2 aromatic carbocycles. The Bertz CT molecular complexity index is 809. The maximum absolute atomic E-state index is 6.65. The molecule has 1 aromatic heterocycles. The molecule has 0 aliphatic carbocycles. The SMILES string of the molecule is CC(N)(c1ccc(Br)cc1Cl)c1cccc2ncccc12. The van der Waals surface area contributed by atoms with Gasteiger partial charge in [-0.2, -0.15) is 0 Å². The van der Waals surface area contributed by atoms with Crippen molar-refractivity contribution in [1.82, 2.24) is 4.98 Å². The summed E-state index contributed by atoms with van der Waals surface area (Å²) in [5.41, 5.74) is 8.79. The average molecular weight is 362 g/mol. The van der Waals surface area contributed by atoms with Gasteiger partial charge in [0.05, 0.1) is 11.1 Å². The van der Waals surface area contributed by atoms with E-state index in [1.54, 1.807) is 6.20 Å². The Morgan fingerprint density at radius 2 is 1.90 bits per heavy atom. The van der Waals surface area contributed by atoms with E-state index in [0.717, 1.165) is 26.5 Å². The Labute approximate surface area is 137 Å². The molecule has 106 valence electrons. The van der Waals surface area contributed by atoms with Crippen molar-refractivity contribution in [2.24, 2.45) is 5.73 Å². The summed E-state index contributed by atoms with van der Waals surface area (Å²) in [5, 5.41) is 1.69. The summed E-state index contributed by atoms with van der Waals surface area (Å²) < 4.78 is 0.937. The van der Waals surface area contributed by atoms with Crippen molar-refractivity contribution in [1.29, 1.82) is 0 Å². The van der Waals surface area contributed by atoms with Gasteiger partial charge in [0, 0.05) is 21.1 Å². The van der Waals surface area contributed by atoms with Crippen molar-refractivity contribution in [3.63, 3.8) is 0 Å². The second kappa shape index (κ2) is 5.41. The van der Waals surface area contributed by atoms with Crippen LogP contribution in [0.4, 0.5) is 0 Å². The van der Waals surface area contributed by atoms with Gasteiger partial charge in [-0.15, -0.1) is 0 Å². The highest BCUT2D eigenvalue weighted by Gasteiger charge is 2.28. The molecule has 3 rings (SSSR count). The van der Waals surface area contributed by atoms with Gasteiger partial charge < -0.3 is 5.73 Å². The smallest absolute Gasteiger partial charge is 0.0705 e. The summed E-state index contributed by atoms with van der Waals surface area (Å²) in [5.74, 6) is 0. The van der Waals surface area contributed by atoms with Gasteiger partial charge in [0.2, 0.25) is 0 Å². The van der Waals surface area contributed by atoms with Crippen LogP contribution in [0.1, 0.15) is 18.1 Å². The summed E-state index contributed by atoms with van der Waals surface area (Å²) in [6.45, 7) is 1.98. The van der Waals surface area contributed by atoms with Crippen LogP contribution < -0.4 is 5.73 Å². The highest BCUT2D eigenvalue weighted by Crippen LogP contribution is 2.36. The topological polar surface area (TPSA) is 38.9 Å². The van der Waals surface area contributed by atoms with Gasteiger partial charge in [-0.25, -0.2) is 0 Å². The van der Waals surface area contributed by atoms with E-state index in [1.165, 1.54) is 0 Å². The van der Waals surface area contributed by atoms with Crippen LogP contribution in [0, 0.1) is 0 Å². The lowest BCUT2D eigenvalue weighted by Gasteiger charge is -2.28. The van der Waals surface area contributed by atoms with Gasteiger partial charge >= 0.3 is 0 Å². The zero-order valence-electron chi connectivity index (χ0n) is 11.5. The number of benzene rings is 2. The molecule has 2 N–H and O–H groups in total. The molecule has 0 radical (unpaired) electrons. The Kier molecular flexibility index (Phi) is 3.74. The molecular formula is C17H14BrClN2. The molecule has 4 heteroatoms. The molecule has 0 aliphatic heterocycles. The van der Waals surface area contributed by atoms with Crippen molar-refractivity contribution in [3.8, 4) is 0 Å². The van der Waals surface area contributed by atoms with E-state index < -0.39 is 5.54 Å². The average Bonchev–Trinajstić information content (AvgIpc) is 2.46. The molecule has 0 saturated carbocycles. The van der Waals surface area contributed by atoms with E-state index in [0.29, 0.717) is 5.02 Å². The lowest BCUT2D eigenvalue weighted by atomic mass is 9.83. The first kappa shape index (κ1) is 14.5. The quantitative estimate of drug-likeness (QED) is 0.707. The lowest BCUT2D eigenvalue weighted by Crippen LogP contribution is -2.34. The lowest BCUT2D eigenvalue weighted by molar-refractivity contribution is 0.609. The monoisotopic (exact) mass is 360 g/mol. The molecule has 0 fully saturated rings. The van der Waals surface area contributed by atoms with Crippen LogP contribution in [0.3, 0.4) is 0 Å². The summed E-state index contributed by atoms with van der Waals surface area (Å²) >= 11 is 9.81. The minimum atomic E-state index is -0.694. The fourth-order valence-electron chi connectivity index (χ4n) is 2.61. The number of hydrogen-bond donors (Lipinski definition) is 1. The van der Waals surface area contributed by atoms with Crippen LogP contribution in [-0.4, -0.2) is 4.98 Å². The largest absolute Gasteiger partial charge is 0.318 e. The minimum absolute atomic E-state index is 0.648. The van der Waals surface area contributed by atoms with Crippen molar-refractivity contribution >= 4 is 38.4 Å². The molecule has 0 saturated heterocycles. The zero-order valence-corrected chi connectivity index (χ0v) is 13.8. The molecule has 3 aromatic rings. The van der Waals surface area contributed by atoms with Crippen LogP contribution in [0.15, 0.2) is 59.2 Å². The van der Waals surface area contributed by atoms with Crippen LogP contribution in [0.5, 0.6) is 0 Å². The third-order valence-electron chi connectivity index (χ3n) is 3.70. The Morgan fingerprint density at radius 3 is 2.67 bits per heavy atom. The highest BCUT2D eigenvalue weighted by atomic mass is 79.9. The normalized spacial score (nSPS) is 14.1. The molecule has 0 amide bonds. The van der Waals surface area contributed by atoms with Gasteiger partial charge in [0.1, 0.15) is 0 Å². The van der Waals surface area contributed by atoms with Crippen LogP contribution in [0.25, 0.3) is 10.9 Å². The van der Waals surface area contributed by atoms with Gasteiger partial charge in [-0.05, 0) is 42.3 Å². The number of nitrogens with zero attached hydrogens (tertiary/aromatic N) is 1. The van der Waals surface area contributed by atoms with Crippen LogP contribution in [-0.2, 0) is 5.54 Å². The molecule has 1 heterocycles. The molecule has 1 unspecified atom stereocenters. The Balaban J connectivity index is 2.25. The van der Waals surface area contributed by atoms with Crippen molar-refractivity contribution in [3.05, 3.63) is 75.4 Å². The number of aromatic nitrogens is 1. The highest BCUT2D eigenvalue weighted by molar-refractivity contribution is 9.10. The Morgan fingerprint density at radius 1 is 1.10 bits per heavy atom. The Hall–Kier alpha value is -1.42. The number of nitrogens with two attached hydrogens (primary N) is 1. The van der Waals surface area contributed by atoms with E-state index in [9.17, 15) is 0 Å². The number of rotatable bonds is 2. The van der Waals surface area contributed by atoms with Crippen LogP contribution in [0.2, 0.25) is 5.02 Å². The number of halogens is 2. The fourth-order valence-corrected chi connectivity index (χ4v) is 3.48. The first-order valence-corrected chi connectivity index (χ1v) is 7.76. The maximum Gasteiger partial charge on any atom is 0.0705 e. The van der Waals surface area contributed by atoms with Crippen molar-refractivity contribution in [2.75, 3.05) is 0 Å². The summed E-state index contributed by atoms with van der Waals surface area (Å²) in [7, 11) is 0. The van der Waals surface area contributed by atoms with E-state index in [1.807, 2.05) is 55.5 Å². The first-order valence-electron chi connectivity index (χ1n) is 6.59. The van der Waals surface area contributed by atoms with E-state index in [4.69, 9.17) is 17.3 Å². The second-order valence-corrected chi connectivity index (χ2v) is 6.53. The third kappa shape index (κ3) is 2.57.